The van der Waals surface area contributed by atoms with Crippen LogP contribution >= 0.6 is 11.8 Å². The Balaban J connectivity index is 1.56. The number of aromatic nitrogens is 10. The fourth-order valence-electron chi connectivity index (χ4n) is 3.96. The molecule has 0 atom stereocenters. The average molecular weight is 487 g/mol. The number of rotatable bonds is 4. The number of para-hydroxylation sites is 2. The van der Waals surface area contributed by atoms with Crippen LogP contribution in [0.5, 0.6) is 0 Å². The molecule has 0 radical (unpaired) electrons. The van der Waals surface area contributed by atoms with Crippen LogP contribution in [-0.2, 0) is 21.1 Å². The molecule has 4 heterocycles. The van der Waals surface area contributed by atoms with E-state index in [1.807, 2.05) is 59.2 Å². The fourth-order valence-corrected chi connectivity index (χ4v) is 4.84. The smallest absolute Gasteiger partial charge is 0.316 e. The summed E-state index contributed by atoms with van der Waals surface area (Å²) in [7, 11) is 4.77. The van der Waals surface area contributed by atoms with Gasteiger partial charge in [-0.25, -0.2) is 9.78 Å². The minimum absolute atomic E-state index is 0.302. The van der Waals surface area contributed by atoms with Crippen LogP contribution in [0.15, 0.2) is 74.5 Å². The summed E-state index contributed by atoms with van der Waals surface area (Å²) < 4.78 is 7.57. The lowest BCUT2D eigenvalue weighted by Gasteiger charge is -2.10. The van der Waals surface area contributed by atoms with Crippen molar-refractivity contribution < 1.29 is 0 Å². The van der Waals surface area contributed by atoms with Gasteiger partial charge in [0.15, 0.2) is 16.3 Å². The van der Waals surface area contributed by atoms with E-state index in [0.29, 0.717) is 27.4 Å². The van der Waals surface area contributed by atoms with Crippen molar-refractivity contribution in [2.75, 3.05) is 0 Å². The third-order valence-corrected chi connectivity index (χ3v) is 6.78. The third-order valence-electron chi connectivity index (χ3n) is 5.79. The molecule has 0 fully saturated rings. The predicted octanol–water partition coefficient (Wildman–Crippen LogP) is 1.44. The van der Waals surface area contributed by atoms with Crippen molar-refractivity contribution in [1.29, 1.82) is 0 Å². The Morgan fingerprint density at radius 2 is 1.51 bits per heavy atom. The summed E-state index contributed by atoms with van der Waals surface area (Å²) in [5.74, 6) is 0.453. The van der Waals surface area contributed by atoms with Crippen LogP contribution < -0.4 is 11.2 Å². The molecule has 13 heteroatoms. The van der Waals surface area contributed by atoms with Crippen LogP contribution in [0, 0.1) is 0 Å². The lowest BCUT2D eigenvalue weighted by molar-refractivity contribution is 0.705. The maximum absolute atomic E-state index is 12.8. The minimum Gasteiger partial charge on any atom is -0.316 e. The summed E-state index contributed by atoms with van der Waals surface area (Å²) in [4.78, 5) is 29.8. The average Bonchev–Trinajstić information content (AvgIpc) is 3.58. The Kier molecular flexibility index (Phi) is 4.67. The zero-order chi connectivity index (χ0) is 24.3. The molecular weight excluding hydrogens is 468 g/mol. The van der Waals surface area contributed by atoms with Gasteiger partial charge in [-0.3, -0.25) is 18.5 Å². The van der Waals surface area contributed by atoms with Crippen molar-refractivity contribution in [2.45, 2.75) is 10.3 Å². The van der Waals surface area contributed by atoms with Crippen molar-refractivity contribution in [1.82, 2.24) is 48.4 Å². The van der Waals surface area contributed by atoms with Gasteiger partial charge in [0.05, 0.1) is 11.2 Å². The third kappa shape index (κ3) is 3.12. The SMILES string of the molecule is Cn1c(=O)c2c(nc(Sc3nnc(-n4nnc5ccccc54)n3-c3ccccc3)n2C)n(C)c1=O. The van der Waals surface area contributed by atoms with Gasteiger partial charge in [-0.2, -0.15) is 4.68 Å². The summed E-state index contributed by atoms with van der Waals surface area (Å²) in [6.45, 7) is 0. The summed E-state index contributed by atoms with van der Waals surface area (Å²) in [5.41, 5.74) is 2.11. The van der Waals surface area contributed by atoms with Crippen molar-refractivity contribution in [3.05, 3.63) is 75.4 Å². The molecule has 0 aliphatic carbocycles. The van der Waals surface area contributed by atoms with Crippen molar-refractivity contribution in [3.63, 3.8) is 0 Å². The molecule has 12 nitrogen and oxygen atoms in total. The highest BCUT2D eigenvalue weighted by Gasteiger charge is 2.23. The first-order valence-corrected chi connectivity index (χ1v) is 11.4. The first-order chi connectivity index (χ1) is 17.0. The summed E-state index contributed by atoms with van der Waals surface area (Å²) in [6.07, 6.45) is 0. The summed E-state index contributed by atoms with van der Waals surface area (Å²) >= 11 is 1.23. The standard InChI is InChI=1S/C22H18N10O2S/c1-28-16-17(29(2)22(34)30(3)18(16)33)23-20(28)35-21-26-25-19(31(21)13-9-5-4-6-10-13)32-15-12-8-7-11-14(15)24-27-32/h4-12H,1-3H3. The molecule has 0 spiro atoms. The molecule has 4 aromatic heterocycles. The molecule has 0 amide bonds. The van der Waals surface area contributed by atoms with E-state index in [-0.39, 0.29) is 0 Å². The van der Waals surface area contributed by atoms with Crippen LogP contribution in [0.3, 0.4) is 0 Å². The van der Waals surface area contributed by atoms with E-state index in [9.17, 15) is 9.59 Å². The van der Waals surface area contributed by atoms with Gasteiger partial charge in [0, 0.05) is 21.1 Å². The monoisotopic (exact) mass is 486 g/mol. The van der Waals surface area contributed by atoms with E-state index < -0.39 is 11.2 Å². The fraction of sp³-hybridized carbons (Fsp3) is 0.136. The highest BCUT2D eigenvalue weighted by molar-refractivity contribution is 7.99. The highest BCUT2D eigenvalue weighted by atomic mass is 32.2. The number of aryl methyl sites for hydroxylation is 2. The number of imidazole rings is 1. The molecule has 35 heavy (non-hydrogen) atoms. The molecule has 0 saturated carbocycles. The molecule has 2 aromatic carbocycles. The van der Waals surface area contributed by atoms with Gasteiger partial charge >= 0.3 is 5.69 Å². The molecule has 0 unspecified atom stereocenters. The largest absolute Gasteiger partial charge is 0.332 e. The van der Waals surface area contributed by atoms with E-state index >= 15 is 0 Å². The number of benzene rings is 2. The van der Waals surface area contributed by atoms with Crippen molar-refractivity contribution in [3.8, 4) is 11.6 Å². The Labute approximate surface area is 201 Å². The zero-order valence-electron chi connectivity index (χ0n) is 18.9. The Bertz CT molecular complexity index is 1860. The lowest BCUT2D eigenvalue weighted by atomic mass is 10.3. The van der Waals surface area contributed by atoms with E-state index in [1.54, 1.807) is 23.3 Å². The Hall–Kier alpha value is -4.52. The number of hydrogen-bond acceptors (Lipinski definition) is 8. The van der Waals surface area contributed by atoms with Gasteiger partial charge < -0.3 is 4.57 Å². The summed E-state index contributed by atoms with van der Waals surface area (Å²) in [5, 5.41) is 18.4. The van der Waals surface area contributed by atoms with Gasteiger partial charge in [0.25, 0.3) is 11.5 Å². The molecule has 0 aliphatic rings. The summed E-state index contributed by atoms with van der Waals surface area (Å²) in [6, 6.07) is 17.2. The second-order valence-corrected chi connectivity index (χ2v) is 8.81. The maximum Gasteiger partial charge on any atom is 0.332 e. The maximum atomic E-state index is 12.8. The lowest BCUT2D eigenvalue weighted by Crippen LogP contribution is -2.37. The first kappa shape index (κ1) is 21.0. The second kappa shape index (κ2) is 7.77. The van der Waals surface area contributed by atoms with E-state index in [4.69, 9.17) is 0 Å². The molecule has 0 saturated heterocycles. The first-order valence-electron chi connectivity index (χ1n) is 10.6. The molecule has 0 N–H and O–H groups in total. The van der Waals surface area contributed by atoms with Crippen molar-refractivity contribution >= 4 is 34.0 Å². The number of fused-ring (bicyclic) bond motifs is 2. The second-order valence-electron chi connectivity index (χ2n) is 7.88. The highest BCUT2D eigenvalue weighted by Crippen LogP contribution is 2.31. The predicted molar refractivity (Wildman–Crippen MR) is 129 cm³/mol. The molecule has 0 aliphatic heterocycles. The number of nitrogens with zero attached hydrogens (tertiary/aromatic N) is 10. The number of hydrogen-bond donors (Lipinski definition) is 0. The normalized spacial score (nSPS) is 11.6. The van der Waals surface area contributed by atoms with Gasteiger partial charge in [-0.05, 0) is 36.0 Å². The Morgan fingerprint density at radius 1 is 0.771 bits per heavy atom. The molecular formula is C22H18N10O2S. The van der Waals surface area contributed by atoms with Crippen LogP contribution in [-0.4, -0.2) is 48.4 Å². The zero-order valence-corrected chi connectivity index (χ0v) is 19.7. The van der Waals surface area contributed by atoms with E-state index in [1.165, 1.54) is 23.4 Å². The topological polar surface area (TPSA) is 123 Å². The molecule has 6 rings (SSSR count). The van der Waals surface area contributed by atoms with Crippen molar-refractivity contribution in [2.24, 2.45) is 21.1 Å². The molecule has 174 valence electrons. The minimum atomic E-state index is -0.440. The van der Waals surface area contributed by atoms with Crippen LogP contribution in [0.2, 0.25) is 0 Å². The van der Waals surface area contributed by atoms with Gasteiger partial charge in [-0.1, -0.05) is 35.5 Å². The van der Waals surface area contributed by atoms with E-state index in [0.717, 1.165) is 21.3 Å². The van der Waals surface area contributed by atoms with Gasteiger partial charge in [0.1, 0.15) is 5.52 Å². The molecule has 0 bridgehead atoms. The quantitative estimate of drug-likeness (QED) is 0.367. The van der Waals surface area contributed by atoms with Crippen LogP contribution in [0.1, 0.15) is 0 Å². The molecule has 6 aromatic rings. The van der Waals surface area contributed by atoms with Crippen LogP contribution in [0.25, 0.3) is 33.8 Å². The van der Waals surface area contributed by atoms with Gasteiger partial charge in [-0.15, -0.1) is 15.3 Å². The van der Waals surface area contributed by atoms with Gasteiger partial charge in [0.2, 0.25) is 5.16 Å². The Morgan fingerprint density at radius 3 is 2.31 bits per heavy atom. The van der Waals surface area contributed by atoms with Crippen LogP contribution in [0.4, 0.5) is 0 Å². The van der Waals surface area contributed by atoms with E-state index in [2.05, 4.69) is 25.5 Å².